The Labute approximate surface area is 116 Å². The minimum absolute atomic E-state index is 0.258. The molecule has 1 aliphatic heterocycles. The van der Waals surface area contributed by atoms with Gasteiger partial charge in [-0.25, -0.2) is 9.97 Å². The van der Waals surface area contributed by atoms with E-state index in [0.29, 0.717) is 5.82 Å². The van der Waals surface area contributed by atoms with Gasteiger partial charge in [-0.3, -0.25) is 0 Å². The topological polar surface area (TPSA) is 61.0 Å². The fraction of sp³-hybridized carbons (Fsp3) is 0.692. The summed E-state index contributed by atoms with van der Waals surface area (Å²) in [5, 5.41) is 0. The molecule has 1 aromatic heterocycles. The number of nitrogens with zero attached hydrogens (tertiary/aromatic N) is 2. The van der Waals surface area contributed by atoms with Crippen molar-refractivity contribution in [3.8, 4) is 0 Å². The summed E-state index contributed by atoms with van der Waals surface area (Å²) in [5.41, 5.74) is 6.93. The van der Waals surface area contributed by atoms with Gasteiger partial charge in [-0.2, -0.15) is 0 Å². The number of hydrogen-bond acceptors (Lipinski definition) is 4. The number of nitrogen functional groups attached to an aromatic ring is 1. The highest BCUT2D eigenvalue weighted by molar-refractivity contribution is 9.10. The summed E-state index contributed by atoms with van der Waals surface area (Å²) in [5.74, 6) is 1.35. The van der Waals surface area contributed by atoms with Crippen molar-refractivity contribution in [2.75, 3.05) is 12.3 Å². The number of aromatic nitrogens is 2. The second-order valence-electron chi connectivity index (χ2n) is 4.73. The van der Waals surface area contributed by atoms with Crippen molar-refractivity contribution < 1.29 is 4.74 Å². The molecule has 1 atom stereocenters. The SMILES string of the molecule is CCCc1nc(CC2CCCCO2)nc(N)c1Br. The Hall–Kier alpha value is -0.680. The van der Waals surface area contributed by atoms with Gasteiger partial charge in [-0.15, -0.1) is 0 Å². The maximum atomic E-state index is 5.92. The standard InChI is InChI=1S/C13H20BrN3O/c1-2-5-10-12(14)13(15)17-11(16-10)8-9-6-3-4-7-18-9/h9H,2-8H2,1H3,(H2,15,16,17). The number of hydrogen-bond donors (Lipinski definition) is 1. The molecule has 0 aromatic carbocycles. The van der Waals surface area contributed by atoms with E-state index in [1.807, 2.05) is 0 Å². The van der Waals surface area contributed by atoms with Gasteiger partial charge in [-0.05, 0) is 41.6 Å². The molecule has 0 saturated carbocycles. The molecule has 2 heterocycles. The second kappa shape index (κ2) is 6.48. The Balaban J connectivity index is 2.11. The Kier molecular flexibility index (Phi) is 4.95. The largest absolute Gasteiger partial charge is 0.383 e. The van der Waals surface area contributed by atoms with Gasteiger partial charge in [0.2, 0.25) is 0 Å². The number of aryl methyl sites for hydroxylation is 1. The summed E-state index contributed by atoms with van der Waals surface area (Å²) < 4.78 is 6.56. The quantitative estimate of drug-likeness (QED) is 0.928. The lowest BCUT2D eigenvalue weighted by Gasteiger charge is -2.22. The Morgan fingerprint density at radius 2 is 2.22 bits per heavy atom. The van der Waals surface area contributed by atoms with Crippen LogP contribution < -0.4 is 5.73 Å². The Morgan fingerprint density at radius 1 is 1.39 bits per heavy atom. The fourth-order valence-corrected chi connectivity index (χ4v) is 2.61. The van der Waals surface area contributed by atoms with Crippen molar-refractivity contribution >= 4 is 21.7 Å². The van der Waals surface area contributed by atoms with Crippen LogP contribution in [0.3, 0.4) is 0 Å². The summed E-state index contributed by atoms with van der Waals surface area (Å²) in [6.45, 7) is 2.99. The van der Waals surface area contributed by atoms with Crippen LogP contribution in [0.4, 0.5) is 5.82 Å². The van der Waals surface area contributed by atoms with Crippen LogP contribution in [-0.2, 0) is 17.6 Å². The van der Waals surface area contributed by atoms with Gasteiger partial charge >= 0.3 is 0 Å². The average molecular weight is 314 g/mol. The van der Waals surface area contributed by atoms with Crippen LogP contribution >= 0.6 is 15.9 Å². The van der Waals surface area contributed by atoms with E-state index in [0.717, 1.165) is 48.3 Å². The van der Waals surface area contributed by atoms with Gasteiger partial charge in [0.05, 0.1) is 16.3 Å². The molecule has 1 saturated heterocycles. The fourth-order valence-electron chi connectivity index (χ4n) is 2.23. The lowest BCUT2D eigenvalue weighted by atomic mass is 10.1. The first-order valence-corrected chi connectivity index (χ1v) is 7.42. The molecular formula is C13H20BrN3O. The van der Waals surface area contributed by atoms with E-state index in [1.165, 1.54) is 12.8 Å². The minimum Gasteiger partial charge on any atom is -0.383 e. The van der Waals surface area contributed by atoms with E-state index in [9.17, 15) is 0 Å². The number of anilines is 1. The first-order chi connectivity index (χ1) is 8.70. The Morgan fingerprint density at radius 3 is 2.89 bits per heavy atom. The number of ether oxygens (including phenoxy) is 1. The lowest BCUT2D eigenvalue weighted by Crippen LogP contribution is -2.23. The van der Waals surface area contributed by atoms with Crippen molar-refractivity contribution in [2.24, 2.45) is 0 Å². The predicted octanol–water partition coefficient (Wildman–Crippen LogP) is 2.89. The van der Waals surface area contributed by atoms with Gasteiger partial charge in [-0.1, -0.05) is 13.3 Å². The molecular weight excluding hydrogens is 294 g/mol. The zero-order chi connectivity index (χ0) is 13.0. The van der Waals surface area contributed by atoms with E-state index >= 15 is 0 Å². The third-order valence-electron chi connectivity index (χ3n) is 3.16. The maximum absolute atomic E-state index is 5.92. The summed E-state index contributed by atoms with van der Waals surface area (Å²) in [6.07, 6.45) is 6.50. The molecule has 1 fully saturated rings. The van der Waals surface area contributed by atoms with E-state index in [2.05, 4.69) is 32.8 Å². The van der Waals surface area contributed by atoms with Crippen molar-refractivity contribution in [1.29, 1.82) is 0 Å². The van der Waals surface area contributed by atoms with E-state index in [4.69, 9.17) is 10.5 Å². The van der Waals surface area contributed by atoms with Crippen LogP contribution in [0.25, 0.3) is 0 Å². The highest BCUT2D eigenvalue weighted by atomic mass is 79.9. The van der Waals surface area contributed by atoms with Gasteiger partial charge in [0.25, 0.3) is 0 Å². The van der Waals surface area contributed by atoms with Crippen molar-refractivity contribution in [3.63, 3.8) is 0 Å². The normalized spacial score (nSPS) is 20.0. The molecule has 2 N–H and O–H groups in total. The van der Waals surface area contributed by atoms with Gasteiger partial charge in [0.1, 0.15) is 11.6 Å². The van der Waals surface area contributed by atoms with E-state index in [-0.39, 0.29) is 6.10 Å². The molecule has 5 heteroatoms. The lowest BCUT2D eigenvalue weighted by molar-refractivity contribution is 0.0156. The molecule has 0 aliphatic carbocycles. The Bertz CT molecular complexity index is 405. The molecule has 0 amide bonds. The summed E-state index contributed by atoms with van der Waals surface area (Å²) in [6, 6.07) is 0. The summed E-state index contributed by atoms with van der Waals surface area (Å²) in [4.78, 5) is 8.95. The van der Waals surface area contributed by atoms with Crippen LogP contribution in [0.2, 0.25) is 0 Å². The third-order valence-corrected chi connectivity index (χ3v) is 4.03. The molecule has 2 rings (SSSR count). The monoisotopic (exact) mass is 313 g/mol. The first kappa shape index (κ1) is 13.7. The molecule has 1 aromatic rings. The molecule has 0 spiro atoms. The highest BCUT2D eigenvalue weighted by Crippen LogP contribution is 2.23. The molecule has 1 aliphatic rings. The van der Waals surface area contributed by atoms with Crippen LogP contribution in [0.1, 0.15) is 44.1 Å². The van der Waals surface area contributed by atoms with Gasteiger partial charge < -0.3 is 10.5 Å². The number of rotatable bonds is 4. The molecule has 4 nitrogen and oxygen atoms in total. The zero-order valence-corrected chi connectivity index (χ0v) is 12.4. The number of nitrogens with two attached hydrogens (primary N) is 1. The maximum Gasteiger partial charge on any atom is 0.141 e. The molecule has 0 bridgehead atoms. The average Bonchev–Trinajstić information content (AvgIpc) is 2.37. The van der Waals surface area contributed by atoms with Crippen LogP contribution in [0, 0.1) is 0 Å². The van der Waals surface area contributed by atoms with Crippen LogP contribution in [0.5, 0.6) is 0 Å². The third kappa shape index (κ3) is 3.42. The summed E-state index contributed by atoms with van der Waals surface area (Å²) >= 11 is 3.46. The van der Waals surface area contributed by atoms with Gasteiger partial charge in [0, 0.05) is 13.0 Å². The van der Waals surface area contributed by atoms with E-state index < -0.39 is 0 Å². The first-order valence-electron chi connectivity index (χ1n) is 6.63. The summed E-state index contributed by atoms with van der Waals surface area (Å²) in [7, 11) is 0. The number of halogens is 1. The predicted molar refractivity (Wildman–Crippen MR) is 75.4 cm³/mol. The minimum atomic E-state index is 0.258. The second-order valence-corrected chi connectivity index (χ2v) is 5.52. The van der Waals surface area contributed by atoms with Crippen molar-refractivity contribution in [3.05, 3.63) is 16.0 Å². The van der Waals surface area contributed by atoms with Crippen molar-refractivity contribution in [2.45, 2.75) is 51.6 Å². The van der Waals surface area contributed by atoms with Crippen molar-refractivity contribution in [1.82, 2.24) is 9.97 Å². The smallest absolute Gasteiger partial charge is 0.141 e. The van der Waals surface area contributed by atoms with Gasteiger partial charge in [0.15, 0.2) is 0 Å². The van der Waals surface area contributed by atoms with Crippen LogP contribution in [-0.4, -0.2) is 22.7 Å². The molecule has 18 heavy (non-hydrogen) atoms. The molecule has 100 valence electrons. The van der Waals surface area contributed by atoms with Crippen LogP contribution in [0.15, 0.2) is 4.47 Å². The highest BCUT2D eigenvalue weighted by Gasteiger charge is 2.17. The molecule has 1 unspecified atom stereocenters. The molecule has 0 radical (unpaired) electrons. The van der Waals surface area contributed by atoms with E-state index in [1.54, 1.807) is 0 Å². The zero-order valence-electron chi connectivity index (χ0n) is 10.8.